The fourth-order valence-corrected chi connectivity index (χ4v) is 3.42. The molecule has 1 aromatic rings. The Morgan fingerprint density at radius 3 is 2.60 bits per heavy atom. The van der Waals surface area contributed by atoms with E-state index >= 15 is 0 Å². The van der Waals surface area contributed by atoms with Gasteiger partial charge in [0.15, 0.2) is 0 Å². The van der Waals surface area contributed by atoms with Gasteiger partial charge in [0.2, 0.25) is 11.8 Å². The largest absolute Gasteiger partial charge is 0.335 e. The summed E-state index contributed by atoms with van der Waals surface area (Å²) in [5.41, 5.74) is 0.555. The number of amides is 2. The van der Waals surface area contributed by atoms with E-state index in [4.69, 9.17) is 11.6 Å². The minimum absolute atomic E-state index is 0.00352. The average molecular weight is 366 g/mol. The number of halogens is 1. The Morgan fingerprint density at radius 2 is 1.92 bits per heavy atom. The highest BCUT2D eigenvalue weighted by Gasteiger charge is 2.21. The predicted molar refractivity (Wildman–Crippen MR) is 102 cm³/mol. The van der Waals surface area contributed by atoms with E-state index in [1.54, 1.807) is 31.3 Å². The van der Waals surface area contributed by atoms with Gasteiger partial charge in [0.1, 0.15) is 0 Å². The Labute approximate surface area is 155 Å². The van der Waals surface area contributed by atoms with Crippen LogP contribution in [0.15, 0.2) is 24.3 Å². The van der Waals surface area contributed by atoms with Crippen LogP contribution < -0.4 is 10.6 Å². The highest BCUT2D eigenvalue weighted by Crippen LogP contribution is 2.26. The lowest BCUT2D eigenvalue weighted by Gasteiger charge is -2.28. The molecule has 1 fully saturated rings. The van der Waals surface area contributed by atoms with Gasteiger partial charge < -0.3 is 15.5 Å². The fourth-order valence-electron chi connectivity index (χ4n) is 3.24. The van der Waals surface area contributed by atoms with Crippen molar-refractivity contribution in [3.05, 3.63) is 29.3 Å². The second-order valence-corrected chi connectivity index (χ2v) is 7.25. The molecule has 2 N–H and O–H groups in total. The van der Waals surface area contributed by atoms with E-state index in [0.29, 0.717) is 22.7 Å². The third-order valence-electron chi connectivity index (χ3n) is 4.89. The molecule has 0 bridgehead atoms. The molecule has 0 radical (unpaired) electrons. The Bertz CT molecular complexity index is 588. The Kier molecular flexibility index (Phi) is 7.72. The third kappa shape index (κ3) is 6.33. The molecular formula is C19H28ClN3O2. The van der Waals surface area contributed by atoms with Crippen LogP contribution >= 0.6 is 11.6 Å². The van der Waals surface area contributed by atoms with Crippen molar-refractivity contribution in [1.29, 1.82) is 0 Å². The standard InChI is InChI=1S/C19H28ClN3O2/c1-14(15-8-4-3-5-9-15)21-12-19(25)23(2)13-18(24)22-17-11-7-6-10-16(17)20/h6-7,10-11,14-15,21H,3-5,8-9,12-13H2,1-2H3,(H,22,24)/t14-/m0/s1. The van der Waals surface area contributed by atoms with Crippen LogP contribution in [0.5, 0.6) is 0 Å². The van der Waals surface area contributed by atoms with E-state index in [2.05, 4.69) is 17.6 Å². The van der Waals surface area contributed by atoms with Gasteiger partial charge in [-0.05, 0) is 37.8 Å². The number of benzene rings is 1. The lowest BCUT2D eigenvalue weighted by Crippen LogP contribution is -2.44. The average Bonchev–Trinajstić information content (AvgIpc) is 2.62. The number of likely N-dealkylation sites (N-methyl/N-ethyl adjacent to an activating group) is 1. The number of carbonyl (C=O) groups is 2. The molecular weight excluding hydrogens is 338 g/mol. The molecule has 6 heteroatoms. The molecule has 1 aliphatic rings. The summed E-state index contributed by atoms with van der Waals surface area (Å²) < 4.78 is 0. The SMILES string of the molecule is C[C@H](NCC(=O)N(C)CC(=O)Nc1ccccc1Cl)C1CCCCC1. The zero-order chi connectivity index (χ0) is 18.2. The number of carbonyl (C=O) groups excluding carboxylic acids is 2. The van der Waals surface area contributed by atoms with E-state index in [0.717, 1.165) is 0 Å². The van der Waals surface area contributed by atoms with Gasteiger partial charge in [-0.1, -0.05) is 43.0 Å². The Balaban J connectivity index is 1.73. The van der Waals surface area contributed by atoms with Crippen LogP contribution in [-0.2, 0) is 9.59 Å². The summed E-state index contributed by atoms with van der Waals surface area (Å²) in [6, 6.07) is 7.37. The van der Waals surface area contributed by atoms with Crippen molar-refractivity contribution in [3.8, 4) is 0 Å². The number of nitrogens with one attached hydrogen (secondary N) is 2. The van der Waals surface area contributed by atoms with E-state index < -0.39 is 0 Å². The van der Waals surface area contributed by atoms with Gasteiger partial charge in [-0.3, -0.25) is 9.59 Å². The first-order chi connectivity index (χ1) is 12.0. The molecule has 1 aromatic carbocycles. The zero-order valence-corrected chi connectivity index (χ0v) is 15.8. The van der Waals surface area contributed by atoms with Gasteiger partial charge in [0.25, 0.3) is 0 Å². The maximum atomic E-state index is 12.2. The number of nitrogens with zero attached hydrogens (tertiary/aromatic N) is 1. The fraction of sp³-hybridized carbons (Fsp3) is 0.579. The second kappa shape index (κ2) is 9.78. The molecule has 1 aliphatic carbocycles. The summed E-state index contributed by atoms with van der Waals surface area (Å²) in [7, 11) is 1.64. The van der Waals surface area contributed by atoms with Gasteiger partial charge >= 0.3 is 0 Å². The van der Waals surface area contributed by atoms with Gasteiger partial charge in [0, 0.05) is 13.1 Å². The van der Waals surface area contributed by atoms with Crippen molar-refractivity contribution in [2.75, 3.05) is 25.5 Å². The summed E-state index contributed by atoms with van der Waals surface area (Å²) in [6.45, 7) is 2.41. The van der Waals surface area contributed by atoms with Crippen LogP contribution in [0.25, 0.3) is 0 Å². The number of hydrogen-bond donors (Lipinski definition) is 2. The molecule has 0 spiro atoms. The second-order valence-electron chi connectivity index (χ2n) is 6.85. The van der Waals surface area contributed by atoms with E-state index in [1.807, 2.05) is 0 Å². The molecule has 2 amide bonds. The van der Waals surface area contributed by atoms with Crippen LogP contribution in [0.2, 0.25) is 5.02 Å². The summed E-state index contributed by atoms with van der Waals surface area (Å²) in [5.74, 6) is 0.302. The molecule has 0 unspecified atom stereocenters. The lowest BCUT2D eigenvalue weighted by atomic mass is 9.84. The molecule has 0 saturated heterocycles. The summed E-state index contributed by atoms with van der Waals surface area (Å²) in [6.07, 6.45) is 6.36. The van der Waals surface area contributed by atoms with E-state index in [1.165, 1.54) is 37.0 Å². The quantitative estimate of drug-likeness (QED) is 0.779. The van der Waals surface area contributed by atoms with Crippen LogP contribution in [-0.4, -0.2) is 42.9 Å². The Morgan fingerprint density at radius 1 is 1.24 bits per heavy atom. The molecule has 0 aromatic heterocycles. The zero-order valence-electron chi connectivity index (χ0n) is 15.1. The molecule has 2 rings (SSSR count). The van der Waals surface area contributed by atoms with Crippen LogP contribution in [0.3, 0.4) is 0 Å². The maximum Gasteiger partial charge on any atom is 0.244 e. The van der Waals surface area contributed by atoms with Crippen molar-refractivity contribution < 1.29 is 9.59 Å². The van der Waals surface area contributed by atoms with Crippen molar-refractivity contribution in [2.24, 2.45) is 5.92 Å². The van der Waals surface area contributed by atoms with Crippen LogP contribution in [0.1, 0.15) is 39.0 Å². The van der Waals surface area contributed by atoms with Gasteiger partial charge in [-0.15, -0.1) is 0 Å². The summed E-state index contributed by atoms with van der Waals surface area (Å²) in [4.78, 5) is 25.8. The smallest absolute Gasteiger partial charge is 0.244 e. The van der Waals surface area contributed by atoms with Crippen molar-refractivity contribution in [3.63, 3.8) is 0 Å². The topological polar surface area (TPSA) is 61.4 Å². The van der Waals surface area contributed by atoms with Crippen molar-refractivity contribution in [1.82, 2.24) is 10.2 Å². The third-order valence-corrected chi connectivity index (χ3v) is 5.22. The van der Waals surface area contributed by atoms with Gasteiger partial charge in [-0.2, -0.15) is 0 Å². The molecule has 1 saturated carbocycles. The Hall–Kier alpha value is -1.59. The van der Waals surface area contributed by atoms with Crippen molar-refractivity contribution >= 4 is 29.1 Å². The normalized spacial score (nSPS) is 16.3. The maximum absolute atomic E-state index is 12.2. The minimum Gasteiger partial charge on any atom is -0.335 e. The molecule has 5 nitrogen and oxygen atoms in total. The number of anilines is 1. The first kappa shape index (κ1) is 19.7. The minimum atomic E-state index is -0.260. The summed E-state index contributed by atoms with van der Waals surface area (Å²) in [5, 5.41) is 6.53. The molecule has 25 heavy (non-hydrogen) atoms. The van der Waals surface area contributed by atoms with Gasteiger partial charge in [0.05, 0.1) is 23.8 Å². The first-order valence-electron chi connectivity index (χ1n) is 8.99. The summed E-state index contributed by atoms with van der Waals surface area (Å²) >= 11 is 6.02. The monoisotopic (exact) mass is 365 g/mol. The van der Waals surface area contributed by atoms with E-state index in [9.17, 15) is 9.59 Å². The number of hydrogen-bond acceptors (Lipinski definition) is 3. The first-order valence-corrected chi connectivity index (χ1v) is 9.37. The lowest BCUT2D eigenvalue weighted by molar-refractivity contribution is -0.132. The molecule has 138 valence electrons. The number of rotatable bonds is 7. The number of para-hydroxylation sites is 1. The van der Waals surface area contributed by atoms with Crippen LogP contribution in [0, 0.1) is 5.92 Å². The van der Waals surface area contributed by atoms with Crippen molar-refractivity contribution in [2.45, 2.75) is 45.1 Å². The predicted octanol–water partition coefficient (Wildman–Crippen LogP) is 3.30. The van der Waals surface area contributed by atoms with Gasteiger partial charge in [-0.25, -0.2) is 0 Å². The van der Waals surface area contributed by atoms with E-state index in [-0.39, 0.29) is 24.9 Å². The molecule has 1 atom stereocenters. The molecule has 0 aliphatic heterocycles. The highest BCUT2D eigenvalue weighted by molar-refractivity contribution is 6.33. The highest BCUT2D eigenvalue weighted by atomic mass is 35.5. The molecule has 0 heterocycles. The van der Waals surface area contributed by atoms with Crippen LogP contribution in [0.4, 0.5) is 5.69 Å².